The van der Waals surface area contributed by atoms with Crippen LogP contribution in [0.3, 0.4) is 0 Å². The lowest BCUT2D eigenvalue weighted by molar-refractivity contribution is -0.137. The van der Waals surface area contributed by atoms with Gasteiger partial charge in [-0.25, -0.2) is 8.42 Å². The molecule has 0 saturated carbocycles. The number of sulfone groups is 1. The molecule has 1 aromatic rings. The Kier molecular flexibility index (Phi) is 5.94. The summed E-state index contributed by atoms with van der Waals surface area (Å²) in [6.45, 7) is 0. The van der Waals surface area contributed by atoms with Crippen molar-refractivity contribution in [3.05, 3.63) is 35.4 Å². The summed E-state index contributed by atoms with van der Waals surface area (Å²) in [5.74, 6) is -0.406. The third-order valence-corrected chi connectivity index (χ3v) is 5.28. The molecule has 0 aliphatic rings. The van der Waals surface area contributed by atoms with Gasteiger partial charge in [0.05, 0.1) is 11.3 Å². The highest BCUT2D eigenvalue weighted by atomic mass is 32.2. The van der Waals surface area contributed by atoms with Gasteiger partial charge in [-0.3, -0.25) is 4.21 Å². The first-order chi connectivity index (χ1) is 9.49. The van der Waals surface area contributed by atoms with Crippen molar-refractivity contribution >= 4 is 20.6 Å². The highest BCUT2D eigenvalue weighted by Crippen LogP contribution is 2.30. The molecule has 0 radical (unpaired) electrons. The maximum absolute atomic E-state index is 12.6. The predicted octanol–water partition coefficient (Wildman–Crippen LogP) is 1.50. The Balaban J connectivity index is 2.72. The summed E-state index contributed by atoms with van der Waals surface area (Å²) in [4.78, 5) is 0. The summed E-state index contributed by atoms with van der Waals surface area (Å²) in [6.07, 6.45) is -3.44. The van der Waals surface area contributed by atoms with Gasteiger partial charge in [-0.05, 0) is 17.7 Å². The minimum absolute atomic E-state index is 0.0779. The second kappa shape index (κ2) is 6.89. The predicted molar refractivity (Wildman–Crippen MR) is 76.0 cm³/mol. The number of rotatable bonds is 6. The van der Waals surface area contributed by atoms with Crippen molar-refractivity contribution in [3.63, 3.8) is 0 Å². The van der Waals surface area contributed by atoms with Crippen molar-refractivity contribution in [2.45, 2.75) is 12.2 Å². The molecular formula is C12H16F3NO3S2. The third-order valence-electron chi connectivity index (χ3n) is 2.69. The molecule has 2 atom stereocenters. The fraction of sp³-hybridized carbons (Fsp3) is 0.500. The quantitative estimate of drug-likeness (QED) is 0.849. The van der Waals surface area contributed by atoms with Crippen molar-refractivity contribution in [3.8, 4) is 0 Å². The zero-order chi connectivity index (χ0) is 16.3. The Morgan fingerprint density at radius 3 is 2.48 bits per heavy atom. The summed E-state index contributed by atoms with van der Waals surface area (Å²) in [5, 5.41) is 0. The summed E-state index contributed by atoms with van der Waals surface area (Å²) in [5.41, 5.74) is 5.14. The first kappa shape index (κ1) is 18.1. The molecule has 0 aliphatic heterocycles. The maximum atomic E-state index is 12.6. The van der Waals surface area contributed by atoms with Gasteiger partial charge in [-0.2, -0.15) is 13.2 Å². The van der Waals surface area contributed by atoms with Crippen LogP contribution < -0.4 is 5.73 Å². The van der Waals surface area contributed by atoms with E-state index in [9.17, 15) is 25.8 Å². The first-order valence-electron chi connectivity index (χ1n) is 5.94. The van der Waals surface area contributed by atoms with E-state index < -0.39 is 38.4 Å². The minimum Gasteiger partial charge on any atom is -0.323 e. The molecule has 1 rings (SSSR count). The average Bonchev–Trinajstić information content (AvgIpc) is 2.34. The van der Waals surface area contributed by atoms with Gasteiger partial charge < -0.3 is 5.73 Å². The zero-order valence-corrected chi connectivity index (χ0v) is 12.9. The summed E-state index contributed by atoms with van der Waals surface area (Å²) in [6, 6.07) is 3.66. The fourth-order valence-electron chi connectivity index (χ4n) is 1.57. The molecule has 2 N–H and O–H groups in total. The fourth-order valence-corrected chi connectivity index (χ4v) is 4.28. The van der Waals surface area contributed by atoms with Crippen LogP contribution in [0.4, 0.5) is 13.2 Å². The second-order valence-corrected chi connectivity index (χ2v) is 8.55. The summed E-state index contributed by atoms with van der Waals surface area (Å²) >= 11 is 0. The lowest BCUT2D eigenvalue weighted by atomic mass is 10.1. The summed E-state index contributed by atoms with van der Waals surface area (Å²) < 4.78 is 71.3. The van der Waals surface area contributed by atoms with Crippen molar-refractivity contribution in [1.82, 2.24) is 0 Å². The molecule has 0 aliphatic carbocycles. The van der Waals surface area contributed by atoms with Gasteiger partial charge in [-0.15, -0.1) is 0 Å². The molecule has 4 nitrogen and oxygen atoms in total. The van der Waals surface area contributed by atoms with Gasteiger partial charge in [0.2, 0.25) is 0 Å². The van der Waals surface area contributed by atoms with Gasteiger partial charge in [0.15, 0.2) is 0 Å². The van der Waals surface area contributed by atoms with E-state index in [2.05, 4.69) is 0 Å². The van der Waals surface area contributed by atoms with E-state index in [0.717, 1.165) is 18.4 Å². The smallest absolute Gasteiger partial charge is 0.323 e. The van der Waals surface area contributed by atoms with Crippen molar-refractivity contribution in [1.29, 1.82) is 0 Å². The van der Waals surface area contributed by atoms with Crippen LogP contribution in [-0.2, 0) is 26.8 Å². The number of hydrogen-bond acceptors (Lipinski definition) is 4. The molecule has 21 heavy (non-hydrogen) atoms. The number of benzene rings is 1. The Morgan fingerprint density at radius 1 is 1.33 bits per heavy atom. The molecule has 0 aromatic heterocycles. The van der Waals surface area contributed by atoms with Crippen LogP contribution in [0.1, 0.15) is 17.2 Å². The second-order valence-electron chi connectivity index (χ2n) is 4.67. The monoisotopic (exact) mass is 343 g/mol. The molecule has 0 saturated heterocycles. The molecule has 0 bridgehead atoms. The van der Waals surface area contributed by atoms with Crippen LogP contribution in [0, 0.1) is 0 Å². The van der Waals surface area contributed by atoms with E-state index in [1.807, 2.05) is 0 Å². The van der Waals surface area contributed by atoms with Gasteiger partial charge in [-0.1, -0.05) is 12.1 Å². The Bertz CT molecular complexity index is 614. The highest BCUT2D eigenvalue weighted by molar-refractivity contribution is 7.92. The van der Waals surface area contributed by atoms with Crippen LogP contribution in [0.2, 0.25) is 0 Å². The minimum atomic E-state index is -4.47. The van der Waals surface area contributed by atoms with E-state index in [0.29, 0.717) is 0 Å². The van der Waals surface area contributed by atoms with Crippen molar-refractivity contribution in [2.24, 2.45) is 5.73 Å². The molecule has 9 heteroatoms. The van der Waals surface area contributed by atoms with Crippen molar-refractivity contribution in [2.75, 3.05) is 23.5 Å². The van der Waals surface area contributed by atoms with Crippen LogP contribution in [0.5, 0.6) is 0 Å². The average molecular weight is 343 g/mol. The number of alkyl halides is 3. The van der Waals surface area contributed by atoms with Gasteiger partial charge in [0.1, 0.15) is 9.84 Å². The maximum Gasteiger partial charge on any atom is 0.416 e. The number of nitrogens with two attached hydrogens (primary N) is 1. The lowest BCUT2D eigenvalue weighted by Gasteiger charge is -2.14. The summed E-state index contributed by atoms with van der Waals surface area (Å²) in [7, 11) is -4.74. The lowest BCUT2D eigenvalue weighted by Crippen LogP contribution is -2.22. The van der Waals surface area contributed by atoms with Crippen molar-refractivity contribution < 1.29 is 25.8 Å². The van der Waals surface area contributed by atoms with Crippen LogP contribution >= 0.6 is 0 Å². The number of hydrogen-bond donors (Lipinski definition) is 1. The molecule has 1 aromatic carbocycles. The van der Waals surface area contributed by atoms with Gasteiger partial charge >= 0.3 is 6.18 Å². The molecule has 120 valence electrons. The molecule has 2 unspecified atom stereocenters. The molecule has 0 fully saturated rings. The molecular weight excluding hydrogens is 327 g/mol. The van der Waals surface area contributed by atoms with Crippen LogP contribution in [0.15, 0.2) is 24.3 Å². The van der Waals surface area contributed by atoms with Crippen LogP contribution in [-0.4, -0.2) is 36.1 Å². The van der Waals surface area contributed by atoms with Crippen LogP contribution in [0.25, 0.3) is 0 Å². The molecule has 0 amide bonds. The normalized spacial score (nSPS) is 15.7. The highest BCUT2D eigenvalue weighted by Gasteiger charge is 2.30. The SMILES string of the molecule is CS(=O)(=O)CCS(=O)CC(N)c1cccc(C(F)(F)F)c1. The van der Waals surface area contributed by atoms with Gasteiger partial charge in [0.25, 0.3) is 0 Å². The largest absolute Gasteiger partial charge is 0.416 e. The Labute approximate surface area is 123 Å². The van der Waals surface area contributed by atoms with E-state index in [1.165, 1.54) is 12.1 Å². The number of halogens is 3. The molecule has 0 spiro atoms. The standard InChI is InChI=1S/C12H16F3NO3S2/c1-21(18,19)6-5-20(17)8-11(16)9-3-2-4-10(7-9)12(13,14)15/h2-4,7,11H,5-6,8,16H2,1H3. The molecule has 0 heterocycles. The Morgan fingerprint density at radius 2 is 1.95 bits per heavy atom. The zero-order valence-electron chi connectivity index (χ0n) is 11.3. The first-order valence-corrected chi connectivity index (χ1v) is 9.49. The van der Waals surface area contributed by atoms with E-state index in [1.54, 1.807) is 0 Å². The van der Waals surface area contributed by atoms with E-state index in [-0.39, 0.29) is 22.8 Å². The topological polar surface area (TPSA) is 77.2 Å². The third kappa shape index (κ3) is 6.58. The van der Waals surface area contributed by atoms with Gasteiger partial charge in [0, 0.05) is 34.6 Å². The Hall–Kier alpha value is -0.930. The van der Waals surface area contributed by atoms with E-state index >= 15 is 0 Å². The van der Waals surface area contributed by atoms with E-state index in [4.69, 9.17) is 5.73 Å².